The van der Waals surface area contributed by atoms with Crippen molar-refractivity contribution in [3.05, 3.63) is 64.3 Å². The van der Waals surface area contributed by atoms with Crippen LogP contribution in [0.4, 0.5) is 0 Å². The van der Waals surface area contributed by atoms with Crippen LogP contribution in [0.1, 0.15) is 56.2 Å². The molecular weight excluding hydrogens is 374 g/mol. The Morgan fingerprint density at radius 2 is 1.90 bits per heavy atom. The largest absolute Gasteiger partial charge is 0.493 e. The van der Waals surface area contributed by atoms with Crippen molar-refractivity contribution in [1.82, 2.24) is 14.9 Å². The smallest absolute Gasteiger partial charge is 0.270 e. The van der Waals surface area contributed by atoms with Gasteiger partial charge in [-0.2, -0.15) is 0 Å². The van der Waals surface area contributed by atoms with Gasteiger partial charge in [0.2, 0.25) is 0 Å². The van der Waals surface area contributed by atoms with Crippen molar-refractivity contribution in [1.29, 1.82) is 0 Å². The van der Waals surface area contributed by atoms with E-state index in [9.17, 15) is 4.79 Å². The summed E-state index contributed by atoms with van der Waals surface area (Å²) in [7, 11) is 0. The summed E-state index contributed by atoms with van der Waals surface area (Å²) in [6.45, 7) is 3.45. The summed E-state index contributed by atoms with van der Waals surface area (Å²) in [6.07, 6.45) is 16.7. The minimum atomic E-state index is -0.0793. The molecule has 0 amide bonds. The second-order valence-corrected chi connectivity index (χ2v) is 8.69. The monoisotopic (exact) mass is 407 g/mol. The summed E-state index contributed by atoms with van der Waals surface area (Å²) in [5.74, 6) is 2.28. The molecule has 0 radical (unpaired) electrons. The summed E-state index contributed by atoms with van der Waals surface area (Å²) in [4.78, 5) is 21.1. The Hall–Kier alpha value is -2.40. The molecule has 5 nitrogen and oxygen atoms in total. The van der Waals surface area contributed by atoms with Crippen LogP contribution in [0.15, 0.2) is 47.5 Å². The highest BCUT2D eigenvalue weighted by molar-refractivity contribution is 5.57. The average Bonchev–Trinajstić information content (AvgIpc) is 2.80. The molecule has 4 rings (SSSR count). The van der Waals surface area contributed by atoms with E-state index < -0.39 is 0 Å². The summed E-state index contributed by atoms with van der Waals surface area (Å²) in [5, 5.41) is 0. The van der Waals surface area contributed by atoms with E-state index in [-0.39, 0.29) is 5.56 Å². The van der Waals surface area contributed by atoms with Gasteiger partial charge in [-0.05, 0) is 56.7 Å². The maximum Gasteiger partial charge on any atom is 0.270 e. The van der Waals surface area contributed by atoms with E-state index >= 15 is 0 Å². The minimum Gasteiger partial charge on any atom is -0.493 e. The molecule has 2 fully saturated rings. The Morgan fingerprint density at radius 3 is 2.70 bits per heavy atom. The SMILES string of the molecule is O=c1[nH]ccnc1CN1CCC(C=Cc2ccccc2OCC2CCCCC2)CC1. The van der Waals surface area contributed by atoms with Crippen molar-refractivity contribution >= 4 is 6.08 Å². The first-order valence-corrected chi connectivity index (χ1v) is 11.4. The predicted molar refractivity (Wildman–Crippen MR) is 120 cm³/mol. The van der Waals surface area contributed by atoms with Crippen molar-refractivity contribution in [2.45, 2.75) is 51.5 Å². The summed E-state index contributed by atoms with van der Waals surface area (Å²) in [5.41, 5.74) is 1.70. The highest BCUT2D eigenvalue weighted by atomic mass is 16.5. The first-order chi connectivity index (χ1) is 14.8. The van der Waals surface area contributed by atoms with Crippen molar-refractivity contribution < 1.29 is 4.74 Å². The average molecular weight is 408 g/mol. The Morgan fingerprint density at radius 1 is 1.10 bits per heavy atom. The molecule has 2 aliphatic rings. The quantitative estimate of drug-likeness (QED) is 0.726. The predicted octanol–water partition coefficient (Wildman–Crippen LogP) is 4.65. The number of piperidine rings is 1. The lowest BCUT2D eigenvalue weighted by Gasteiger charge is -2.30. The molecule has 0 unspecified atom stereocenters. The van der Waals surface area contributed by atoms with Gasteiger partial charge in [-0.15, -0.1) is 0 Å². The fourth-order valence-electron chi connectivity index (χ4n) is 4.56. The zero-order chi connectivity index (χ0) is 20.6. The first kappa shape index (κ1) is 20.9. The Balaban J connectivity index is 1.28. The lowest BCUT2D eigenvalue weighted by Crippen LogP contribution is -2.34. The second kappa shape index (κ2) is 10.6. The van der Waals surface area contributed by atoms with Crippen LogP contribution in [0.25, 0.3) is 6.08 Å². The highest BCUT2D eigenvalue weighted by Crippen LogP contribution is 2.27. The number of aromatic nitrogens is 2. The Bertz CT molecular complexity index is 878. The third-order valence-electron chi connectivity index (χ3n) is 6.45. The summed E-state index contributed by atoms with van der Waals surface area (Å²) >= 11 is 0. The fraction of sp³-hybridized carbons (Fsp3) is 0.520. The van der Waals surface area contributed by atoms with Crippen molar-refractivity contribution in [2.24, 2.45) is 11.8 Å². The number of aromatic amines is 1. The molecule has 5 heteroatoms. The number of hydrogen-bond acceptors (Lipinski definition) is 4. The molecule has 2 heterocycles. The number of rotatable bonds is 7. The van der Waals surface area contributed by atoms with Gasteiger partial charge in [-0.1, -0.05) is 49.6 Å². The van der Waals surface area contributed by atoms with Crippen LogP contribution in [0, 0.1) is 11.8 Å². The van der Waals surface area contributed by atoms with Crippen LogP contribution in [-0.4, -0.2) is 34.6 Å². The lowest BCUT2D eigenvalue weighted by atomic mass is 9.90. The van der Waals surface area contributed by atoms with Crippen molar-refractivity contribution in [2.75, 3.05) is 19.7 Å². The number of H-pyrrole nitrogens is 1. The van der Waals surface area contributed by atoms with Crippen molar-refractivity contribution in [3.63, 3.8) is 0 Å². The molecule has 0 spiro atoms. The number of benzene rings is 1. The maximum atomic E-state index is 11.8. The molecule has 30 heavy (non-hydrogen) atoms. The second-order valence-electron chi connectivity index (χ2n) is 8.69. The van der Waals surface area contributed by atoms with Gasteiger partial charge in [0.25, 0.3) is 5.56 Å². The van der Waals surface area contributed by atoms with Crippen LogP contribution >= 0.6 is 0 Å². The van der Waals surface area contributed by atoms with E-state index in [1.54, 1.807) is 12.4 Å². The molecule has 1 aliphatic heterocycles. The number of hydrogen-bond donors (Lipinski definition) is 1. The molecule has 1 saturated carbocycles. The number of nitrogens with one attached hydrogen (secondary N) is 1. The molecular formula is C25H33N3O2. The van der Waals surface area contributed by atoms with Crippen LogP contribution < -0.4 is 10.3 Å². The van der Waals surface area contributed by atoms with Gasteiger partial charge in [0.1, 0.15) is 11.4 Å². The van der Waals surface area contributed by atoms with E-state index in [2.05, 4.69) is 51.3 Å². The number of ether oxygens (including phenoxy) is 1. The topological polar surface area (TPSA) is 58.2 Å². The van der Waals surface area contributed by atoms with E-state index in [1.165, 1.54) is 37.7 Å². The Kier molecular flexibility index (Phi) is 7.35. The number of likely N-dealkylation sites (tertiary alicyclic amines) is 1. The molecule has 2 aromatic rings. The third kappa shape index (κ3) is 5.82. The fourth-order valence-corrected chi connectivity index (χ4v) is 4.56. The molecule has 1 aromatic carbocycles. The van der Waals surface area contributed by atoms with Gasteiger partial charge in [0.15, 0.2) is 0 Å². The van der Waals surface area contributed by atoms with E-state index in [1.807, 2.05) is 0 Å². The van der Waals surface area contributed by atoms with Gasteiger partial charge < -0.3 is 9.72 Å². The number of nitrogens with zero attached hydrogens (tertiary/aromatic N) is 2. The molecule has 1 aliphatic carbocycles. The molecule has 0 bridgehead atoms. The van der Waals surface area contributed by atoms with E-state index in [0.29, 0.717) is 24.1 Å². The summed E-state index contributed by atoms with van der Waals surface area (Å²) < 4.78 is 6.21. The minimum absolute atomic E-state index is 0.0793. The zero-order valence-electron chi connectivity index (χ0n) is 17.8. The van der Waals surface area contributed by atoms with Crippen LogP contribution in [0.2, 0.25) is 0 Å². The molecule has 1 aromatic heterocycles. The van der Waals surface area contributed by atoms with E-state index in [0.717, 1.165) is 38.3 Å². The van der Waals surface area contributed by atoms with Gasteiger partial charge in [0, 0.05) is 24.5 Å². The first-order valence-electron chi connectivity index (χ1n) is 11.4. The van der Waals surface area contributed by atoms with Crippen LogP contribution in [0.3, 0.4) is 0 Å². The molecule has 160 valence electrons. The standard InChI is InChI=1S/C25H33N3O2/c29-25-23(26-14-15-27-25)18-28-16-12-20(13-17-28)10-11-22-8-4-5-9-24(22)30-19-21-6-2-1-3-7-21/h4-5,8-11,14-15,20-21H,1-3,6-7,12-13,16-19H2,(H,27,29). The van der Waals surface area contributed by atoms with Gasteiger partial charge in [-0.3, -0.25) is 14.7 Å². The molecule has 0 atom stereocenters. The Labute approximate surface area is 179 Å². The third-order valence-corrected chi connectivity index (χ3v) is 6.45. The van der Waals surface area contributed by atoms with Gasteiger partial charge >= 0.3 is 0 Å². The maximum absolute atomic E-state index is 11.8. The van der Waals surface area contributed by atoms with Gasteiger partial charge in [0.05, 0.1) is 6.61 Å². The van der Waals surface area contributed by atoms with Crippen LogP contribution in [-0.2, 0) is 6.54 Å². The zero-order valence-corrected chi connectivity index (χ0v) is 17.8. The normalized spacial score (nSPS) is 19.3. The van der Waals surface area contributed by atoms with E-state index in [4.69, 9.17) is 4.74 Å². The van der Waals surface area contributed by atoms with Gasteiger partial charge in [-0.25, -0.2) is 0 Å². The van der Waals surface area contributed by atoms with Crippen molar-refractivity contribution in [3.8, 4) is 5.75 Å². The highest BCUT2D eigenvalue weighted by Gasteiger charge is 2.19. The lowest BCUT2D eigenvalue weighted by molar-refractivity contribution is 0.193. The number of para-hydroxylation sites is 1. The van der Waals surface area contributed by atoms with Crippen LogP contribution in [0.5, 0.6) is 5.75 Å². The summed E-state index contributed by atoms with van der Waals surface area (Å²) in [6, 6.07) is 8.39. The molecule has 1 saturated heterocycles. The number of allylic oxidation sites excluding steroid dienone is 1. The molecule has 1 N–H and O–H groups in total.